The molecular weight excluding hydrogens is 294 g/mol. The summed E-state index contributed by atoms with van der Waals surface area (Å²) in [5, 5.41) is 3.90. The van der Waals surface area contributed by atoms with E-state index >= 15 is 0 Å². The number of anilines is 1. The van der Waals surface area contributed by atoms with E-state index in [4.69, 9.17) is 15.0 Å². The van der Waals surface area contributed by atoms with Gasteiger partial charge in [0.1, 0.15) is 17.8 Å². The minimum Gasteiger partial charge on any atom is -0.384 e. The molecule has 7 heteroatoms. The molecule has 2 heterocycles. The third kappa shape index (κ3) is 4.33. The Hall–Kier alpha value is -2.80. The Morgan fingerprint density at radius 2 is 2.00 bits per heavy atom. The van der Waals surface area contributed by atoms with E-state index in [9.17, 15) is 0 Å². The van der Waals surface area contributed by atoms with Crippen LogP contribution in [0, 0.1) is 0 Å². The molecule has 0 unspecified atom stereocenters. The molecule has 0 bridgehead atoms. The monoisotopic (exact) mass is 311 g/mol. The van der Waals surface area contributed by atoms with Crippen LogP contribution in [0.3, 0.4) is 0 Å². The maximum atomic E-state index is 5.62. The molecule has 2 N–H and O–H groups in total. The third-order valence-corrected chi connectivity index (χ3v) is 3.18. The van der Waals surface area contributed by atoms with Gasteiger partial charge in [0.15, 0.2) is 0 Å². The minimum absolute atomic E-state index is 0.371. The standard InChI is InChI=1S/C16H17N5O2/c17-14-9-13(18-11-19-14)16-20-15(23-21-16)7-4-8-22-10-12-5-2-1-3-6-12/h1-3,5-6,9,11H,4,7-8,10H2,(H2,17,18,19). The molecule has 0 fully saturated rings. The van der Waals surface area contributed by atoms with Crippen LogP contribution in [0.25, 0.3) is 11.5 Å². The number of aromatic nitrogens is 4. The number of ether oxygens (including phenoxy) is 1. The number of hydrogen-bond acceptors (Lipinski definition) is 7. The highest BCUT2D eigenvalue weighted by Crippen LogP contribution is 2.14. The van der Waals surface area contributed by atoms with Crippen molar-refractivity contribution in [2.24, 2.45) is 0 Å². The second kappa shape index (κ2) is 7.46. The van der Waals surface area contributed by atoms with E-state index < -0.39 is 0 Å². The number of nitrogen functional groups attached to an aromatic ring is 1. The smallest absolute Gasteiger partial charge is 0.227 e. The number of nitrogens with zero attached hydrogens (tertiary/aromatic N) is 4. The van der Waals surface area contributed by atoms with Crippen LogP contribution < -0.4 is 5.73 Å². The van der Waals surface area contributed by atoms with Crippen molar-refractivity contribution in [3.05, 3.63) is 54.2 Å². The van der Waals surface area contributed by atoms with Crippen molar-refractivity contribution in [3.8, 4) is 11.5 Å². The van der Waals surface area contributed by atoms with E-state index in [0.29, 0.717) is 42.9 Å². The summed E-state index contributed by atoms with van der Waals surface area (Å²) in [5.41, 5.74) is 7.32. The van der Waals surface area contributed by atoms with E-state index in [1.807, 2.05) is 30.3 Å². The minimum atomic E-state index is 0.371. The molecule has 0 saturated heterocycles. The second-order valence-electron chi connectivity index (χ2n) is 4.98. The van der Waals surface area contributed by atoms with Crippen molar-refractivity contribution >= 4 is 5.82 Å². The molecule has 7 nitrogen and oxygen atoms in total. The van der Waals surface area contributed by atoms with Crippen LogP contribution in [0.15, 0.2) is 47.2 Å². The van der Waals surface area contributed by atoms with E-state index in [0.717, 1.165) is 12.0 Å². The van der Waals surface area contributed by atoms with Gasteiger partial charge in [-0.2, -0.15) is 4.98 Å². The van der Waals surface area contributed by atoms with Gasteiger partial charge in [0.05, 0.1) is 6.61 Å². The van der Waals surface area contributed by atoms with Gasteiger partial charge in [-0.1, -0.05) is 35.5 Å². The zero-order valence-electron chi connectivity index (χ0n) is 12.6. The highest BCUT2D eigenvalue weighted by atomic mass is 16.5. The maximum absolute atomic E-state index is 5.62. The van der Waals surface area contributed by atoms with Gasteiger partial charge < -0.3 is 15.0 Å². The number of rotatable bonds is 7. The van der Waals surface area contributed by atoms with Crippen molar-refractivity contribution in [1.29, 1.82) is 0 Å². The summed E-state index contributed by atoms with van der Waals surface area (Å²) in [7, 11) is 0. The van der Waals surface area contributed by atoms with Crippen LogP contribution in [-0.2, 0) is 17.8 Å². The summed E-state index contributed by atoms with van der Waals surface area (Å²) in [4.78, 5) is 12.2. The predicted octanol–water partition coefficient (Wildman–Crippen LogP) is 2.26. The van der Waals surface area contributed by atoms with Crippen molar-refractivity contribution in [2.75, 3.05) is 12.3 Å². The van der Waals surface area contributed by atoms with Gasteiger partial charge in [0.25, 0.3) is 0 Å². The molecule has 118 valence electrons. The molecule has 0 aliphatic rings. The molecule has 0 aliphatic heterocycles. The van der Waals surface area contributed by atoms with Crippen LogP contribution >= 0.6 is 0 Å². The average molecular weight is 311 g/mol. The fourth-order valence-corrected chi connectivity index (χ4v) is 2.04. The van der Waals surface area contributed by atoms with Gasteiger partial charge in [-0.3, -0.25) is 0 Å². The molecule has 0 radical (unpaired) electrons. The van der Waals surface area contributed by atoms with Gasteiger partial charge in [-0.25, -0.2) is 9.97 Å². The van der Waals surface area contributed by atoms with Crippen LogP contribution in [0.2, 0.25) is 0 Å². The SMILES string of the molecule is Nc1cc(-c2noc(CCCOCc3ccccc3)n2)ncn1. The molecule has 0 amide bonds. The van der Waals surface area contributed by atoms with Crippen LogP contribution in [-0.4, -0.2) is 26.7 Å². The molecule has 2 aromatic heterocycles. The Morgan fingerprint density at radius 1 is 1.13 bits per heavy atom. The largest absolute Gasteiger partial charge is 0.384 e. The lowest BCUT2D eigenvalue weighted by molar-refractivity contribution is 0.117. The maximum Gasteiger partial charge on any atom is 0.227 e. The Morgan fingerprint density at radius 3 is 2.83 bits per heavy atom. The number of aryl methyl sites for hydroxylation is 1. The van der Waals surface area contributed by atoms with E-state index in [1.165, 1.54) is 6.33 Å². The average Bonchev–Trinajstić information content (AvgIpc) is 3.04. The first-order valence-corrected chi connectivity index (χ1v) is 7.33. The first-order chi connectivity index (χ1) is 11.3. The zero-order valence-corrected chi connectivity index (χ0v) is 12.6. The van der Waals surface area contributed by atoms with Gasteiger partial charge in [-0.15, -0.1) is 0 Å². The molecular formula is C16H17N5O2. The number of nitrogens with two attached hydrogens (primary N) is 1. The summed E-state index contributed by atoms with van der Waals surface area (Å²) in [6, 6.07) is 11.7. The van der Waals surface area contributed by atoms with Crippen LogP contribution in [0.1, 0.15) is 17.9 Å². The first-order valence-electron chi connectivity index (χ1n) is 7.33. The molecule has 23 heavy (non-hydrogen) atoms. The summed E-state index contributed by atoms with van der Waals surface area (Å²) in [6.07, 6.45) is 2.83. The van der Waals surface area contributed by atoms with Crippen molar-refractivity contribution in [2.45, 2.75) is 19.4 Å². The highest BCUT2D eigenvalue weighted by molar-refractivity contribution is 5.52. The molecule has 0 saturated carbocycles. The second-order valence-corrected chi connectivity index (χ2v) is 4.98. The van der Waals surface area contributed by atoms with Gasteiger partial charge in [0, 0.05) is 19.1 Å². The van der Waals surface area contributed by atoms with Crippen LogP contribution in [0.5, 0.6) is 0 Å². The highest BCUT2D eigenvalue weighted by Gasteiger charge is 2.10. The predicted molar refractivity (Wildman–Crippen MR) is 84.2 cm³/mol. The quantitative estimate of drug-likeness (QED) is 0.668. The van der Waals surface area contributed by atoms with E-state index in [1.54, 1.807) is 6.07 Å². The van der Waals surface area contributed by atoms with E-state index in [2.05, 4.69) is 20.1 Å². The lowest BCUT2D eigenvalue weighted by atomic mass is 10.2. The molecule has 3 rings (SSSR count). The molecule has 3 aromatic rings. The third-order valence-electron chi connectivity index (χ3n) is 3.18. The lowest BCUT2D eigenvalue weighted by Gasteiger charge is -2.02. The summed E-state index contributed by atoms with van der Waals surface area (Å²) < 4.78 is 10.8. The normalized spacial score (nSPS) is 10.8. The van der Waals surface area contributed by atoms with Crippen molar-refractivity contribution in [3.63, 3.8) is 0 Å². The molecule has 0 spiro atoms. The Balaban J connectivity index is 1.44. The first kappa shape index (κ1) is 15.1. The Bertz CT molecular complexity index is 745. The summed E-state index contributed by atoms with van der Waals surface area (Å²) in [6.45, 7) is 1.24. The summed E-state index contributed by atoms with van der Waals surface area (Å²) >= 11 is 0. The van der Waals surface area contributed by atoms with Gasteiger partial charge in [-0.05, 0) is 12.0 Å². The fraction of sp³-hybridized carbons (Fsp3) is 0.250. The van der Waals surface area contributed by atoms with Gasteiger partial charge in [0.2, 0.25) is 11.7 Å². The Kier molecular flexibility index (Phi) is 4.90. The molecule has 0 aliphatic carbocycles. The number of benzene rings is 1. The number of hydrogen-bond donors (Lipinski definition) is 1. The fourth-order valence-electron chi connectivity index (χ4n) is 2.04. The molecule has 0 atom stereocenters. The van der Waals surface area contributed by atoms with Crippen LogP contribution in [0.4, 0.5) is 5.82 Å². The zero-order chi connectivity index (χ0) is 15.9. The van der Waals surface area contributed by atoms with Crippen molar-refractivity contribution < 1.29 is 9.26 Å². The molecule has 1 aromatic carbocycles. The topological polar surface area (TPSA) is 100.0 Å². The van der Waals surface area contributed by atoms with E-state index in [-0.39, 0.29) is 0 Å². The Labute approximate surface area is 133 Å². The van der Waals surface area contributed by atoms with Crippen molar-refractivity contribution in [1.82, 2.24) is 20.1 Å². The van der Waals surface area contributed by atoms with Gasteiger partial charge >= 0.3 is 0 Å². The lowest BCUT2D eigenvalue weighted by Crippen LogP contribution is -1.98. The summed E-state index contributed by atoms with van der Waals surface area (Å²) in [5.74, 6) is 1.34.